The molecule has 2 aliphatic rings. The zero-order chi connectivity index (χ0) is 36.6. The van der Waals surface area contributed by atoms with E-state index in [0.29, 0.717) is 17.6 Å². The molecule has 0 aliphatic carbocycles. The average Bonchev–Trinajstić information content (AvgIpc) is 3.74. The molecule has 0 spiro atoms. The van der Waals surface area contributed by atoms with E-state index < -0.39 is 54.7 Å². The minimum absolute atomic E-state index is 0. The van der Waals surface area contributed by atoms with E-state index in [-0.39, 0.29) is 135 Å². The number of nitrogens with zero attached hydrogens (tertiary/aromatic N) is 2. The Labute approximate surface area is 373 Å². The molecule has 2 aliphatic heterocycles. The van der Waals surface area contributed by atoms with E-state index in [0.717, 1.165) is 38.8 Å². The standard InChI is InChI=1S/C37H41N5O8.3Na/c1-7-20-16(3)24-12-26-18(5)22(9-10-32(45)46)34(41-26)23(11-31(44)40-30(15-43)36(47)48)35-33(37(49)50)19(6)27(42-35)14-29-21(8-2)17(4)25(39-29)13-28(20)38-24;;;/h7,12-14,18,22,30,38-39,43H,1,8-11,15H2,2-6H3,(H,40,44)(H,45,46)(H,47,48)(H,49,50);;;/q;3*+1/p-3/t18-,22-,30-;;;/m0.../s1. The molecule has 5 heterocycles. The molecule has 5 rings (SSSR count). The first-order valence-electron chi connectivity index (χ1n) is 16.3. The van der Waals surface area contributed by atoms with Crippen LogP contribution in [0.2, 0.25) is 0 Å². The van der Waals surface area contributed by atoms with Gasteiger partial charge in [-0.15, -0.1) is 0 Å². The summed E-state index contributed by atoms with van der Waals surface area (Å²) in [5, 5.41) is 47.8. The molecular weight excluding hydrogens is 711 g/mol. The van der Waals surface area contributed by atoms with Crippen molar-refractivity contribution in [1.82, 2.24) is 25.3 Å². The van der Waals surface area contributed by atoms with Gasteiger partial charge in [0.05, 0.1) is 48.1 Å². The number of aromatic nitrogens is 4. The number of aliphatic carboxylic acids is 3. The van der Waals surface area contributed by atoms with Crippen molar-refractivity contribution in [3.05, 3.63) is 75.4 Å². The van der Waals surface area contributed by atoms with Crippen LogP contribution in [0.1, 0.15) is 96.0 Å². The molecule has 1 amide bonds. The van der Waals surface area contributed by atoms with Gasteiger partial charge in [0, 0.05) is 62.3 Å². The van der Waals surface area contributed by atoms with Gasteiger partial charge < -0.3 is 50.1 Å². The molecule has 0 fully saturated rings. The third kappa shape index (κ3) is 9.46. The van der Waals surface area contributed by atoms with Crippen LogP contribution >= 0.6 is 0 Å². The van der Waals surface area contributed by atoms with Gasteiger partial charge in [-0.25, -0.2) is 4.98 Å². The number of carboxylic acid groups (broad SMARTS) is 3. The number of hydrogen-bond acceptors (Lipinski definition) is 10. The predicted octanol–water partition coefficient (Wildman–Crippen LogP) is -7.98. The molecule has 8 bridgehead atoms. The number of carbonyl (C=O) groups excluding carboxylic acids is 4. The largest absolute Gasteiger partial charge is 1.00 e. The molecule has 3 aromatic rings. The Balaban J connectivity index is 0.00000324. The predicted molar refractivity (Wildman–Crippen MR) is 181 cm³/mol. The number of carboxylic acids is 3. The van der Waals surface area contributed by atoms with Crippen LogP contribution in [0, 0.1) is 13.8 Å². The molecule has 16 heteroatoms. The quantitative estimate of drug-likeness (QED) is 0.136. The summed E-state index contributed by atoms with van der Waals surface area (Å²) in [5.41, 5.74) is 7.68. The number of aromatic amines is 2. The Morgan fingerprint density at radius 3 is 2.15 bits per heavy atom. The second-order valence-electron chi connectivity index (χ2n) is 12.7. The number of aryl methyl sites for hydroxylation is 3. The number of rotatable bonds is 11. The molecule has 53 heavy (non-hydrogen) atoms. The summed E-state index contributed by atoms with van der Waals surface area (Å²) in [5.74, 6) is -6.51. The molecule has 262 valence electrons. The first-order valence-corrected chi connectivity index (χ1v) is 16.3. The molecule has 4 N–H and O–H groups in total. The molecule has 0 saturated heterocycles. The van der Waals surface area contributed by atoms with Crippen LogP contribution < -0.4 is 109 Å². The van der Waals surface area contributed by atoms with Gasteiger partial charge in [0.2, 0.25) is 5.91 Å². The maximum atomic E-state index is 13.4. The number of H-pyrrole nitrogens is 2. The first-order chi connectivity index (χ1) is 23.7. The number of hydrogen-bond donors (Lipinski definition) is 4. The molecule has 0 radical (unpaired) electrons. The van der Waals surface area contributed by atoms with Crippen molar-refractivity contribution in [1.29, 1.82) is 0 Å². The normalized spacial score (nSPS) is 15.4. The van der Waals surface area contributed by atoms with E-state index in [4.69, 9.17) is 9.97 Å². The summed E-state index contributed by atoms with van der Waals surface area (Å²) in [6.07, 6.45) is 1.48. The molecule has 3 aromatic heterocycles. The van der Waals surface area contributed by atoms with Crippen LogP contribution in [0.5, 0.6) is 0 Å². The Morgan fingerprint density at radius 1 is 0.943 bits per heavy atom. The van der Waals surface area contributed by atoms with Crippen molar-refractivity contribution >= 4 is 63.1 Å². The summed E-state index contributed by atoms with van der Waals surface area (Å²) < 4.78 is 0. The van der Waals surface area contributed by atoms with Gasteiger partial charge in [-0.05, 0) is 80.5 Å². The Bertz CT molecular complexity index is 2160. The number of aliphatic hydroxyl groups excluding tert-OH is 1. The van der Waals surface area contributed by atoms with Gasteiger partial charge in [0.15, 0.2) is 0 Å². The van der Waals surface area contributed by atoms with E-state index in [1.807, 2.05) is 39.8 Å². The number of carbonyl (C=O) groups is 4. The molecule has 13 nitrogen and oxygen atoms in total. The minimum atomic E-state index is -1.74. The Morgan fingerprint density at radius 2 is 1.58 bits per heavy atom. The van der Waals surface area contributed by atoms with E-state index in [2.05, 4.69) is 21.9 Å². The minimum Gasteiger partial charge on any atom is -0.550 e. The fourth-order valence-corrected chi connectivity index (χ4v) is 6.94. The van der Waals surface area contributed by atoms with Crippen molar-refractivity contribution in [3.8, 4) is 0 Å². The van der Waals surface area contributed by atoms with Crippen LogP contribution in [-0.2, 0) is 32.0 Å². The van der Waals surface area contributed by atoms with Crippen LogP contribution in [0.3, 0.4) is 0 Å². The van der Waals surface area contributed by atoms with Crippen LogP contribution in [0.4, 0.5) is 0 Å². The summed E-state index contributed by atoms with van der Waals surface area (Å²) >= 11 is 0. The van der Waals surface area contributed by atoms with Crippen molar-refractivity contribution < 1.29 is 128 Å². The van der Waals surface area contributed by atoms with E-state index in [1.165, 1.54) is 0 Å². The fourth-order valence-electron chi connectivity index (χ4n) is 6.94. The summed E-state index contributed by atoms with van der Waals surface area (Å²) in [6.45, 7) is 12.4. The van der Waals surface area contributed by atoms with E-state index in [9.17, 15) is 39.6 Å². The van der Waals surface area contributed by atoms with Gasteiger partial charge in [0.25, 0.3) is 0 Å². The molecule has 0 unspecified atom stereocenters. The first kappa shape index (κ1) is 46.6. The number of aliphatic hydroxyl groups is 1. The van der Waals surface area contributed by atoms with Crippen LogP contribution in [0.25, 0.3) is 39.3 Å². The topological polar surface area (TPSA) is 227 Å². The summed E-state index contributed by atoms with van der Waals surface area (Å²) in [7, 11) is 0. The molecule has 0 aromatic carbocycles. The number of allylic oxidation sites excluding steroid dienone is 1. The van der Waals surface area contributed by atoms with Gasteiger partial charge in [-0.2, -0.15) is 0 Å². The van der Waals surface area contributed by atoms with Crippen LogP contribution in [-0.4, -0.2) is 61.5 Å². The monoisotopic (exact) mass is 749 g/mol. The summed E-state index contributed by atoms with van der Waals surface area (Å²) in [4.78, 5) is 66.0. The van der Waals surface area contributed by atoms with Crippen molar-refractivity contribution in [2.24, 2.45) is 0 Å². The fraction of sp³-hybridized carbons (Fsp3) is 0.351. The maximum absolute atomic E-state index is 13.4. The van der Waals surface area contributed by atoms with Gasteiger partial charge in [0.1, 0.15) is 0 Å². The molecular formula is C37H38N5Na3O8. The van der Waals surface area contributed by atoms with E-state index in [1.54, 1.807) is 19.1 Å². The molecule has 0 saturated carbocycles. The number of amides is 1. The van der Waals surface area contributed by atoms with Crippen molar-refractivity contribution in [2.45, 2.75) is 78.2 Å². The van der Waals surface area contributed by atoms with Gasteiger partial charge in [-0.3, -0.25) is 9.78 Å². The average molecular weight is 750 g/mol. The second kappa shape index (κ2) is 19.3. The Kier molecular flexibility index (Phi) is 17.0. The zero-order valence-electron chi connectivity index (χ0n) is 31.5. The molecule has 3 atom stereocenters. The van der Waals surface area contributed by atoms with Crippen molar-refractivity contribution in [2.75, 3.05) is 6.61 Å². The number of nitrogens with one attached hydrogen (secondary N) is 3. The van der Waals surface area contributed by atoms with Crippen molar-refractivity contribution in [3.63, 3.8) is 0 Å². The second-order valence-corrected chi connectivity index (χ2v) is 12.7. The third-order valence-electron chi connectivity index (χ3n) is 9.74. The van der Waals surface area contributed by atoms with Crippen LogP contribution in [0.15, 0.2) is 24.8 Å². The van der Waals surface area contributed by atoms with Gasteiger partial charge in [-0.1, -0.05) is 26.5 Å². The smallest absolute Gasteiger partial charge is 0.550 e. The third-order valence-corrected chi connectivity index (χ3v) is 9.74. The zero-order valence-corrected chi connectivity index (χ0v) is 37.5. The van der Waals surface area contributed by atoms with E-state index >= 15 is 0 Å². The Hall–Kier alpha value is -2.56. The SMILES string of the molecule is C=Cc1c(C)c2cc3nc(c(CC(=O)N[C@@H](CO)C(=O)[O-])c4nc(cc5[nH]c(cc1[nH]2)c(C)c5CC)C(C)=C4C(=O)[O-])[C@@H](CCC(=O)[O-])[C@@H]3C.[Na+].[Na+].[Na+]. The number of fused-ring (bicyclic) bond motifs is 8. The maximum Gasteiger partial charge on any atom is 1.00 e. The summed E-state index contributed by atoms with van der Waals surface area (Å²) in [6, 6.07) is 3.81. The van der Waals surface area contributed by atoms with Gasteiger partial charge >= 0.3 is 88.7 Å².